The van der Waals surface area contributed by atoms with Gasteiger partial charge < -0.3 is 24.3 Å². The molecule has 0 unspecified atom stereocenters. The number of carbonyl (C=O) groups is 2. The number of carbonyl (C=O) groups excluding carboxylic acids is 2. The van der Waals surface area contributed by atoms with Crippen molar-refractivity contribution >= 4 is 17.5 Å². The zero-order chi connectivity index (χ0) is 22.0. The molecule has 2 amide bonds. The van der Waals surface area contributed by atoms with E-state index in [0.717, 1.165) is 12.1 Å². The molecular weight excluding hydrogens is 398 g/mol. The van der Waals surface area contributed by atoms with Gasteiger partial charge in [0, 0.05) is 43.9 Å². The molecule has 1 aromatic heterocycles. The number of pyridine rings is 1. The Hall–Kier alpha value is -3.13. The van der Waals surface area contributed by atoms with Gasteiger partial charge in [-0.1, -0.05) is 0 Å². The summed E-state index contributed by atoms with van der Waals surface area (Å²) in [7, 11) is 3.13. The fourth-order valence-electron chi connectivity index (χ4n) is 4.53. The van der Waals surface area contributed by atoms with Gasteiger partial charge in [0.2, 0.25) is 5.91 Å². The largest absolute Gasteiger partial charge is 0.497 e. The molecule has 4 rings (SSSR count). The summed E-state index contributed by atoms with van der Waals surface area (Å²) >= 11 is 0. The number of piperidine rings is 1. The Morgan fingerprint density at radius 3 is 2.55 bits per heavy atom. The van der Waals surface area contributed by atoms with Gasteiger partial charge in [-0.25, -0.2) is 0 Å². The Labute approximate surface area is 180 Å². The summed E-state index contributed by atoms with van der Waals surface area (Å²) in [6.45, 7) is 2.02. The highest BCUT2D eigenvalue weighted by Crippen LogP contribution is 2.36. The molecule has 1 N–H and O–H groups in total. The number of hydrogen-bond acceptors (Lipinski definition) is 5. The summed E-state index contributed by atoms with van der Waals surface area (Å²) in [6, 6.07) is 10.7. The van der Waals surface area contributed by atoms with E-state index in [1.165, 1.54) is 7.11 Å². The summed E-state index contributed by atoms with van der Waals surface area (Å²) in [4.78, 5) is 39.9. The van der Waals surface area contributed by atoms with Gasteiger partial charge in [0.1, 0.15) is 11.4 Å². The number of benzene rings is 1. The number of ether oxygens (including phenoxy) is 2. The fraction of sp³-hybridized carbons (Fsp3) is 0.435. The molecule has 1 aromatic carbocycles. The molecule has 2 atom stereocenters. The maximum absolute atomic E-state index is 13.0. The monoisotopic (exact) mass is 425 g/mol. The second-order valence-electron chi connectivity index (χ2n) is 8.12. The third-order valence-electron chi connectivity index (χ3n) is 6.04. The molecule has 8 heteroatoms. The number of nitrogens with one attached hydrogen (secondary N) is 1. The van der Waals surface area contributed by atoms with E-state index in [0.29, 0.717) is 37.6 Å². The molecule has 0 spiro atoms. The van der Waals surface area contributed by atoms with E-state index >= 15 is 0 Å². The van der Waals surface area contributed by atoms with Crippen LogP contribution < -0.4 is 15.6 Å². The van der Waals surface area contributed by atoms with Gasteiger partial charge in [-0.05, 0) is 48.7 Å². The standard InChI is InChI=1S/C23H27N3O5/c1-30-10-9-21(27)24-19-7-8-20-17-11-15(13-26(20)23(19)29)12-25(14-17)22(28)16-3-5-18(31-2)6-4-16/h3-8,15,17H,9-14H2,1-2H3,(H,24,27)/t15-,17-/m1/s1. The van der Waals surface area contributed by atoms with Crippen molar-refractivity contribution in [3.63, 3.8) is 0 Å². The molecule has 0 aliphatic carbocycles. The number of aromatic nitrogens is 1. The van der Waals surface area contributed by atoms with E-state index in [1.54, 1.807) is 42.0 Å². The molecule has 2 aromatic rings. The molecule has 0 radical (unpaired) electrons. The lowest BCUT2D eigenvalue weighted by atomic mass is 9.83. The molecule has 8 nitrogen and oxygen atoms in total. The molecule has 2 aliphatic heterocycles. The van der Waals surface area contributed by atoms with Gasteiger partial charge in [0.05, 0.1) is 20.1 Å². The van der Waals surface area contributed by atoms with Crippen molar-refractivity contribution in [1.29, 1.82) is 0 Å². The summed E-state index contributed by atoms with van der Waals surface area (Å²) < 4.78 is 11.8. The van der Waals surface area contributed by atoms with Gasteiger partial charge in [-0.15, -0.1) is 0 Å². The van der Waals surface area contributed by atoms with Crippen molar-refractivity contribution < 1.29 is 19.1 Å². The molecule has 0 saturated carbocycles. The minimum atomic E-state index is -0.244. The lowest BCUT2D eigenvalue weighted by Gasteiger charge is -2.43. The average molecular weight is 425 g/mol. The summed E-state index contributed by atoms with van der Waals surface area (Å²) in [6.07, 6.45) is 1.15. The smallest absolute Gasteiger partial charge is 0.274 e. The second kappa shape index (κ2) is 8.93. The quantitative estimate of drug-likeness (QED) is 0.766. The van der Waals surface area contributed by atoms with E-state index in [-0.39, 0.29) is 41.3 Å². The van der Waals surface area contributed by atoms with Crippen LogP contribution in [0.15, 0.2) is 41.2 Å². The number of fused-ring (bicyclic) bond motifs is 4. The van der Waals surface area contributed by atoms with Gasteiger partial charge in [0.25, 0.3) is 11.5 Å². The number of amides is 2. The summed E-state index contributed by atoms with van der Waals surface area (Å²) in [5, 5.41) is 2.69. The van der Waals surface area contributed by atoms with Crippen molar-refractivity contribution in [3.8, 4) is 5.75 Å². The Balaban J connectivity index is 1.52. The van der Waals surface area contributed by atoms with Gasteiger partial charge in [-0.3, -0.25) is 14.4 Å². The first-order valence-corrected chi connectivity index (χ1v) is 10.5. The Morgan fingerprint density at radius 1 is 1.06 bits per heavy atom. The minimum absolute atomic E-state index is 0.00447. The number of rotatable bonds is 6. The van der Waals surface area contributed by atoms with E-state index in [1.807, 2.05) is 11.0 Å². The van der Waals surface area contributed by atoms with Crippen LogP contribution >= 0.6 is 0 Å². The van der Waals surface area contributed by atoms with E-state index in [9.17, 15) is 14.4 Å². The Morgan fingerprint density at radius 2 is 1.84 bits per heavy atom. The highest BCUT2D eigenvalue weighted by atomic mass is 16.5. The van der Waals surface area contributed by atoms with Crippen molar-refractivity contribution in [2.45, 2.75) is 25.3 Å². The molecular formula is C23H27N3O5. The van der Waals surface area contributed by atoms with Crippen LogP contribution in [0.1, 0.15) is 34.8 Å². The second-order valence-corrected chi connectivity index (χ2v) is 8.12. The SMILES string of the molecule is COCCC(=O)Nc1ccc2n(c1=O)C[C@@H]1C[C@@H]2CN(C(=O)c2ccc(OC)cc2)C1. The van der Waals surface area contributed by atoms with Crippen LogP contribution in [-0.2, 0) is 16.1 Å². The van der Waals surface area contributed by atoms with Gasteiger partial charge >= 0.3 is 0 Å². The molecule has 164 valence electrons. The molecule has 1 fully saturated rings. The molecule has 2 aliphatic rings. The normalized spacial score (nSPS) is 19.5. The summed E-state index contributed by atoms with van der Waals surface area (Å²) in [5.41, 5.74) is 1.65. The van der Waals surface area contributed by atoms with Crippen LogP contribution in [0, 0.1) is 5.92 Å². The van der Waals surface area contributed by atoms with Crippen LogP contribution in [0.2, 0.25) is 0 Å². The van der Waals surface area contributed by atoms with E-state index in [2.05, 4.69) is 5.32 Å². The first-order chi connectivity index (χ1) is 15.0. The van der Waals surface area contributed by atoms with Crippen molar-refractivity contribution in [3.05, 3.63) is 58.0 Å². The predicted octanol–water partition coefficient (Wildman–Crippen LogP) is 2.09. The zero-order valence-electron chi connectivity index (χ0n) is 17.8. The number of anilines is 1. The highest BCUT2D eigenvalue weighted by Gasteiger charge is 2.37. The molecule has 2 bridgehead atoms. The fourth-order valence-corrected chi connectivity index (χ4v) is 4.53. The van der Waals surface area contributed by atoms with Crippen LogP contribution in [0.3, 0.4) is 0 Å². The maximum Gasteiger partial charge on any atom is 0.274 e. The predicted molar refractivity (Wildman–Crippen MR) is 116 cm³/mol. The van der Waals surface area contributed by atoms with Crippen LogP contribution in [0.25, 0.3) is 0 Å². The molecule has 1 saturated heterocycles. The first kappa shape index (κ1) is 21.1. The molecule has 3 heterocycles. The number of likely N-dealkylation sites (tertiary alicyclic amines) is 1. The summed E-state index contributed by atoms with van der Waals surface area (Å²) in [5.74, 6) is 0.763. The number of methoxy groups -OCH3 is 2. The third kappa shape index (κ3) is 4.34. The topological polar surface area (TPSA) is 89.9 Å². The maximum atomic E-state index is 13.0. The number of nitrogens with zero attached hydrogens (tertiary/aromatic N) is 2. The van der Waals surface area contributed by atoms with E-state index in [4.69, 9.17) is 9.47 Å². The Bertz CT molecular complexity index is 1030. The number of hydrogen-bond donors (Lipinski definition) is 1. The highest BCUT2D eigenvalue weighted by molar-refractivity contribution is 5.94. The third-order valence-corrected chi connectivity index (χ3v) is 6.04. The zero-order valence-corrected chi connectivity index (χ0v) is 17.8. The lowest BCUT2D eigenvalue weighted by Crippen LogP contribution is -2.49. The van der Waals surface area contributed by atoms with Crippen molar-refractivity contribution in [1.82, 2.24) is 9.47 Å². The van der Waals surface area contributed by atoms with Crippen LogP contribution in [0.4, 0.5) is 5.69 Å². The van der Waals surface area contributed by atoms with Crippen molar-refractivity contribution in [2.75, 3.05) is 39.2 Å². The lowest BCUT2D eigenvalue weighted by molar-refractivity contribution is -0.117. The minimum Gasteiger partial charge on any atom is -0.497 e. The van der Waals surface area contributed by atoms with Crippen LogP contribution in [0.5, 0.6) is 5.75 Å². The van der Waals surface area contributed by atoms with Crippen molar-refractivity contribution in [2.24, 2.45) is 5.92 Å². The molecule has 31 heavy (non-hydrogen) atoms. The van der Waals surface area contributed by atoms with Gasteiger partial charge in [0.15, 0.2) is 0 Å². The van der Waals surface area contributed by atoms with E-state index < -0.39 is 0 Å². The van der Waals surface area contributed by atoms with Crippen LogP contribution in [-0.4, -0.2) is 55.2 Å². The van der Waals surface area contributed by atoms with Gasteiger partial charge in [-0.2, -0.15) is 0 Å². The average Bonchev–Trinajstić information content (AvgIpc) is 2.79. The Kier molecular flexibility index (Phi) is 6.08. The first-order valence-electron chi connectivity index (χ1n) is 10.5.